The Morgan fingerprint density at radius 3 is 2.42 bits per heavy atom. The van der Waals surface area contributed by atoms with Crippen LogP contribution in [0.5, 0.6) is 0 Å². The van der Waals surface area contributed by atoms with Crippen LogP contribution < -0.4 is 10.0 Å². The fourth-order valence-corrected chi connectivity index (χ4v) is 9.82. The molecule has 0 aliphatic carbocycles. The van der Waals surface area contributed by atoms with Crippen LogP contribution in [-0.4, -0.2) is 89.5 Å². The van der Waals surface area contributed by atoms with Crippen molar-refractivity contribution in [2.75, 3.05) is 38.5 Å². The van der Waals surface area contributed by atoms with Gasteiger partial charge in [-0.15, -0.1) is 11.3 Å². The molecule has 10 nitrogen and oxygen atoms in total. The average molecular weight is 731 g/mol. The van der Waals surface area contributed by atoms with E-state index < -0.39 is 22.6 Å². The highest BCUT2D eigenvalue weighted by atomic mass is 32.2. The number of piperidine rings is 2. The quantitative estimate of drug-likeness (QED) is 0.190. The van der Waals surface area contributed by atoms with Crippen LogP contribution in [0.15, 0.2) is 24.3 Å². The molecule has 0 amide bonds. The number of hydrogen-bond acceptors (Lipinski definition) is 9. The van der Waals surface area contributed by atoms with Crippen LogP contribution in [-0.2, 0) is 29.5 Å². The van der Waals surface area contributed by atoms with Crippen LogP contribution in [0.3, 0.4) is 0 Å². The monoisotopic (exact) mass is 730 g/mol. The molecule has 4 aromatic rings. The summed E-state index contributed by atoms with van der Waals surface area (Å²) in [5, 5.41) is 15.0. The number of hydrogen-bond donors (Lipinski definition) is 2. The number of benzene rings is 1. The minimum atomic E-state index is -4.27. The number of aromatic nitrogens is 3. The molecule has 50 heavy (non-hydrogen) atoms. The summed E-state index contributed by atoms with van der Waals surface area (Å²) in [6.45, 7) is 10.6. The standard InChI is InChI=1S/C35H45F3N8O2S2/c1-5-26(45-14-10-29(11-15-45)50(47,48)40-4)21-46-27(19-39)16-30-22(2)24(6-7-32(30)46)20-44-12-8-25(9-13-44)43-33-31-17-28(18-35(36,37)38)49-34(31)42-23(3)41-33/h6-7,16-17,25-26,29,40H,5,8-15,18,20-21H2,1-4H3,(H,41,42,43)/t26-/m0/s1. The molecule has 0 saturated carbocycles. The molecule has 2 fully saturated rings. The van der Waals surface area contributed by atoms with E-state index in [1.54, 1.807) is 13.0 Å². The Morgan fingerprint density at radius 2 is 1.78 bits per heavy atom. The molecular weight excluding hydrogens is 686 g/mol. The SMILES string of the molecule is CC[C@@H](Cn1c(C#N)cc2c(C)c(CN3CCC(Nc4nc(C)nc5sc(CC(F)(F)F)cc45)CC3)ccc21)N1CCC(S(=O)(=O)NC)CC1. The van der Waals surface area contributed by atoms with Gasteiger partial charge in [-0.25, -0.2) is 23.1 Å². The summed E-state index contributed by atoms with van der Waals surface area (Å²) in [5.74, 6) is 1.14. The summed E-state index contributed by atoms with van der Waals surface area (Å²) in [4.78, 5) is 14.5. The van der Waals surface area contributed by atoms with Gasteiger partial charge in [0.1, 0.15) is 28.2 Å². The Labute approximate surface area is 295 Å². The first-order valence-corrected chi connectivity index (χ1v) is 19.7. The summed E-state index contributed by atoms with van der Waals surface area (Å²) < 4.78 is 68.4. The van der Waals surface area contributed by atoms with Crippen molar-refractivity contribution < 1.29 is 21.6 Å². The van der Waals surface area contributed by atoms with Gasteiger partial charge in [0, 0.05) is 54.0 Å². The second-order valence-corrected chi connectivity index (χ2v) is 16.9. The molecule has 2 aliphatic heterocycles. The molecule has 1 aromatic carbocycles. The van der Waals surface area contributed by atoms with Gasteiger partial charge in [0.05, 0.1) is 17.1 Å². The Morgan fingerprint density at radius 1 is 1.06 bits per heavy atom. The van der Waals surface area contributed by atoms with E-state index >= 15 is 0 Å². The predicted octanol–water partition coefficient (Wildman–Crippen LogP) is 6.11. The number of aryl methyl sites for hydroxylation is 2. The minimum Gasteiger partial charge on any atom is -0.367 e. The number of fused-ring (bicyclic) bond motifs is 2. The number of nitrogens with one attached hydrogen (secondary N) is 2. The van der Waals surface area contributed by atoms with Crippen molar-refractivity contribution in [1.82, 2.24) is 29.1 Å². The molecule has 3 aromatic heterocycles. The fraction of sp³-hybridized carbons (Fsp3) is 0.571. The van der Waals surface area contributed by atoms with Gasteiger partial charge >= 0.3 is 6.18 Å². The molecule has 2 aliphatic rings. The number of anilines is 1. The van der Waals surface area contributed by atoms with Crippen LogP contribution in [0.4, 0.5) is 19.0 Å². The number of sulfonamides is 1. The van der Waals surface area contributed by atoms with E-state index in [1.807, 2.05) is 6.07 Å². The maximum atomic E-state index is 13.0. The van der Waals surface area contributed by atoms with Crippen LogP contribution in [0.25, 0.3) is 21.1 Å². The first kappa shape index (κ1) is 36.5. The zero-order valence-corrected chi connectivity index (χ0v) is 30.6. The minimum absolute atomic E-state index is 0.149. The summed E-state index contributed by atoms with van der Waals surface area (Å²) in [5.41, 5.74) is 4.04. The molecule has 270 valence electrons. The summed E-state index contributed by atoms with van der Waals surface area (Å²) in [6.07, 6.45) is -1.41. The second kappa shape index (κ2) is 14.7. The first-order valence-electron chi connectivity index (χ1n) is 17.3. The van der Waals surface area contributed by atoms with Crippen molar-refractivity contribution in [3.05, 3.63) is 51.8 Å². The van der Waals surface area contributed by atoms with Crippen molar-refractivity contribution >= 4 is 48.3 Å². The lowest BCUT2D eigenvalue weighted by molar-refractivity contribution is -0.126. The van der Waals surface area contributed by atoms with Crippen molar-refractivity contribution in [3.8, 4) is 6.07 Å². The summed E-state index contributed by atoms with van der Waals surface area (Å²) >= 11 is 1.07. The van der Waals surface area contributed by atoms with Crippen LogP contribution in [0.2, 0.25) is 0 Å². The third-order valence-electron chi connectivity index (χ3n) is 10.4. The molecule has 5 heterocycles. The van der Waals surface area contributed by atoms with E-state index in [-0.39, 0.29) is 22.2 Å². The van der Waals surface area contributed by atoms with Gasteiger partial charge in [-0.2, -0.15) is 18.4 Å². The number of thiophene rings is 1. The van der Waals surface area contributed by atoms with Crippen molar-refractivity contribution in [3.63, 3.8) is 0 Å². The Hall–Kier alpha value is -3.29. The molecule has 2 N–H and O–H groups in total. The normalized spacial score (nSPS) is 18.2. The highest BCUT2D eigenvalue weighted by molar-refractivity contribution is 7.90. The van der Waals surface area contributed by atoms with Gasteiger partial charge in [-0.3, -0.25) is 9.80 Å². The van der Waals surface area contributed by atoms with E-state index in [9.17, 15) is 26.9 Å². The van der Waals surface area contributed by atoms with Gasteiger partial charge in [-0.05, 0) is 95.4 Å². The first-order chi connectivity index (χ1) is 23.8. The fourth-order valence-electron chi connectivity index (χ4n) is 7.56. The number of likely N-dealkylation sites (tertiary alicyclic amines) is 2. The van der Waals surface area contributed by atoms with Gasteiger partial charge in [0.25, 0.3) is 0 Å². The molecule has 15 heteroatoms. The lowest BCUT2D eigenvalue weighted by atomic mass is 10.0. The molecule has 0 radical (unpaired) electrons. The Bertz CT molecular complexity index is 1990. The van der Waals surface area contributed by atoms with Gasteiger partial charge in [-0.1, -0.05) is 13.0 Å². The van der Waals surface area contributed by atoms with Gasteiger partial charge < -0.3 is 9.88 Å². The predicted molar refractivity (Wildman–Crippen MR) is 192 cm³/mol. The molecule has 2 saturated heterocycles. The Kier molecular flexibility index (Phi) is 10.8. The molecule has 0 unspecified atom stereocenters. The smallest absolute Gasteiger partial charge is 0.367 e. The lowest BCUT2D eigenvalue weighted by Crippen LogP contribution is -2.47. The second-order valence-electron chi connectivity index (χ2n) is 13.6. The molecule has 6 rings (SSSR count). The molecule has 1 atom stereocenters. The average Bonchev–Trinajstić information content (AvgIpc) is 3.65. The third-order valence-corrected chi connectivity index (χ3v) is 13.4. The van der Waals surface area contributed by atoms with E-state index in [2.05, 4.69) is 66.4 Å². The third kappa shape index (κ3) is 7.94. The van der Waals surface area contributed by atoms with Crippen molar-refractivity contribution in [2.45, 2.75) is 95.9 Å². The number of nitriles is 1. The van der Waals surface area contributed by atoms with E-state index in [0.717, 1.165) is 66.7 Å². The number of rotatable bonds is 11. The largest absolute Gasteiger partial charge is 0.393 e. The van der Waals surface area contributed by atoms with Crippen molar-refractivity contribution in [1.29, 1.82) is 5.26 Å². The molecule has 0 spiro atoms. The van der Waals surface area contributed by atoms with E-state index in [0.29, 0.717) is 60.0 Å². The van der Waals surface area contributed by atoms with Crippen LogP contribution >= 0.6 is 11.3 Å². The lowest BCUT2D eigenvalue weighted by Gasteiger charge is -2.37. The summed E-state index contributed by atoms with van der Waals surface area (Å²) in [7, 11) is -1.81. The van der Waals surface area contributed by atoms with Crippen LogP contribution in [0, 0.1) is 25.2 Å². The summed E-state index contributed by atoms with van der Waals surface area (Å²) in [6, 6.07) is 10.6. The Balaban J connectivity index is 1.10. The molecular formula is C35H45F3N8O2S2. The van der Waals surface area contributed by atoms with Crippen LogP contribution in [0.1, 0.15) is 66.6 Å². The zero-order chi connectivity index (χ0) is 35.8. The maximum Gasteiger partial charge on any atom is 0.393 e. The molecule has 0 bridgehead atoms. The van der Waals surface area contributed by atoms with Gasteiger partial charge in [0.15, 0.2) is 0 Å². The number of halogens is 3. The van der Waals surface area contributed by atoms with Gasteiger partial charge in [0.2, 0.25) is 10.0 Å². The zero-order valence-electron chi connectivity index (χ0n) is 29.0. The van der Waals surface area contributed by atoms with E-state index in [1.165, 1.54) is 12.6 Å². The number of alkyl halides is 3. The number of nitrogens with zero attached hydrogens (tertiary/aromatic N) is 6. The van der Waals surface area contributed by atoms with Crippen molar-refractivity contribution in [2.24, 2.45) is 0 Å². The van der Waals surface area contributed by atoms with E-state index in [4.69, 9.17) is 0 Å². The maximum absolute atomic E-state index is 13.0. The topological polar surface area (TPSA) is 119 Å². The highest BCUT2D eigenvalue weighted by Crippen LogP contribution is 2.34. The highest BCUT2D eigenvalue weighted by Gasteiger charge is 2.32.